The normalized spacial score (nSPS) is 35.5. The lowest BCUT2D eigenvalue weighted by atomic mass is 10.00. The summed E-state index contributed by atoms with van der Waals surface area (Å²) in [7, 11) is -3.32. The van der Waals surface area contributed by atoms with Crippen molar-refractivity contribution in [1.82, 2.24) is 9.03 Å². The quantitative estimate of drug-likeness (QED) is 0.732. The van der Waals surface area contributed by atoms with E-state index in [2.05, 4.69) is 4.72 Å². The average Bonchev–Trinajstić information content (AvgIpc) is 2.79. The van der Waals surface area contributed by atoms with E-state index in [4.69, 9.17) is 0 Å². The topological polar surface area (TPSA) is 69.6 Å². The Balaban J connectivity index is 1.98. The molecule has 0 amide bonds. The SMILES string of the molecule is CCCNS(=O)(=O)N1CC2CCC(O)C2C1. The summed E-state index contributed by atoms with van der Waals surface area (Å²) in [4.78, 5) is 0. The van der Waals surface area contributed by atoms with Crippen LogP contribution in [0.15, 0.2) is 0 Å². The highest BCUT2D eigenvalue weighted by molar-refractivity contribution is 7.87. The fourth-order valence-corrected chi connectivity index (χ4v) is 4.12. The smallest absolute Gasteiger partial charge is 0.279 e. The number of aliphatic hydroxyl groups excluding tert-OH is 1. The van der Waals surface area contributed by atoms with Gasteiger partial charge in [-0.1, -0.05) is 6.92 Å². The molecule has 0 aromatic carbocycles. The highest BCUT2D eigenvalue weighted by Crippen LogP contribution is 2.38. The summed E-state index contributed by atoms with van der Waals surface area (Å²) in [6.45, 7) is 3.47. The van der Waals surface area contributed by atoms with Crippen molar-refractivity contribution in [2.45, 2.75) is 32.3 Å². The summed E-state index contributed by atoms with van der Waals surface area (Å²) in [5.74, 6) is 0.506. The predicted molar refractivity (Wildman–Crippen MR) is 61.0 cm³/mol. The second kappa shape index (κ2) is 4.60. The number of hydrogen-bond donors (Lipinski definition) is 2. The van der Waals surface area contributed by atoms with Gasteiger partial charge < -0.3 is 5.11 Å². The zero-order chi connectivity index (χ0) is 11.8. The van der Waals surface area contributed by atoms with Crippen LogP contribution in [0.25, 0.3) is 0 Å². The van der Waals surface area contributed by atoms with Gasteiger partial charge in [0.2, 0.25) is 0 Å². The van der Waals surface area contributed by atoms with E-state index in [9.17, 15) is 13.5 Å². The van der Waals surface area contributed by atoms with Gasteiger partial charge in [0.25, 0.3) is 10.2 Å². The number of aliphatic hydroxyl groups is 1. The first-order chi connectivity index (χ1) is 7.54. The summed E-state index contributed by atoms with van der Waals surface area (Å²) in [6.07, 6.45) is 2.26. The van der Waals surface area contributed by atoms with E-state index in [0.29, 0.717) is 25.6 Å². The largest absolute Gasteiger partial charge is 0.393 e. The van der Waals surface area contributed by atoms with Gasteiger partial charge in [0.15, 0.2) is 0 Å². The molecule has 2 rings (SSSR count). The van der Waals surface area contributed by atoms with Crippen molar-refractivity contribution < 1.29 is 13.5 Å². The Morgan fingerprint density at radius 1 is 1.38 bits per heavy atom. The summed E-state index contributed by atoms with van der Waals surface area (Å²) in [6, 6.07) is 0. The van der Waals surface area contributed by atoms with E-state index >= 15 is 0 Å². The summed E-state index contributed by atoms with van der Waals surface area (Å²) >= 11 is 0. The fourth-order valence-electron chi connectivity index (χ4n) is 2.71. The van der Waals surface area contributed by atoms with Crippen LogP contribution in [0.4, 0.5) is 0 Å². The van der Waals surface area contributed by atoms with Crippen LogP contribution in [0, 0.1) is 11.8 Å². The van der Waals surface area contributed by atoms with Crippen molar-refractivity contribution in [1.29, 1.82) is 0 Å². The molecule has 1 heterocycles. The molecule has 2 aliphatic rings. The standard InChI is InChI=1S/C10H20N2O3S/c1-2-5-11-16(14,15)12-6-8-3-4-10(13)9(8)7-12/h8-11,13H,2-7H2,1H3. The van der Waals surface area contributed by atoms with Crippen LogP contribution in [-0.2, 0) is 10.2 Å². The second-order valence-electron chi connectivity index (χ2n) is 4.78. The maximum absolute atomic E-state index is 11.9. The van der Waals surface area contributed by atoms with Crippen molar-refractivity contribution in [2.24, 2.45) is 11.8 Å². The average molecular weight is 248 g/mol. The first-order valence-corrected chi connectivity index (χ1v) is 7.41. The van der Waals surface area contributed by atoms with Gasteiger partial charge in [0.05, 0.1) is 6.10 Å². The van der Waals surface area contributed by atoms with Crippen molar-refractivity contribution >= 4 is 10.2 Å². The molecule has 0 bridgehead atoms. The lowest BCUT2D eigenvalue weighted by Crippen LogP contribution is -2.40. The summed E-state index contributed by atoms with van der Waals surface area (Å²) < 4.78 is 27.8. The van der Waals surface area contributed by atoms with Crippen LogP contribution in [0.3, 0.4) is 0 Å². The minimum Gasteiger partial charge on any atom is -0.393 e. The van der Waals surface area contributed by atoms with E-state index in [1.54, 1.807) is 0 Å². The predicted octanol–water partition coefficient (Wildman–Crippen LogP) is -0.0665. The Hall–Kier alpha value is -0.170. The Labute approximate surface area is 97.0 Å². The highest BCUT2D eigenvalue weighted by atomic mass is 32.2. The lowest BCUT2D eigenvalue weighted by Gasteiger charge is -2.18. The molecule has 2 N–H and O–H groups in total. The molecule has 16 heavy (non-hydrogen) atoms. The molecule has 2 fully saturated rings. The zero-order valence-electron chi connectivity index (χ0n) is 9.59. The van der Waals surface area contributed by atoms with Crippen LogP contribution in [0.1, 0.15) is 26.2 Å². The summed E-state index contributed by atoms with van der Waals surface area (Å²) in [5.41, 5.74) is 0. The Bertz CT molecular complexity index is 344. The third kappa shape index (κ3) is 2.25. The molecule has 1 saturated carbocycles. The minimum absolute atomic E-state index is 0.151. The van der Waals surface area contributed by atoms with E-state index < -0.39 is 10.2 Å². The second-order valence-corrected chi connectivity index (χ2v) is 6.54. The first kappa shape index (κ1) is 12.3. The number of hydrogen-bond acceptors (Lipinski definition) is 3. The minimum atomic E-state index is -3.32. The number of nitrogens with zero attached hydrogens (tertiary/aromatic N) is 1. The van der Waals surface area contributed by atoms with E-state index in [0.717, 1.165) is 19.3 Å². The van der Waals surface area contributed by atoms with Gasteiger partial charge in [-0.15, -0.1) is 0 Å². The third-order valence-electron chi connectivity index (χ3n) is 3.66. The Kier molecular flexibility index (Phi) is 3.53. The number of rotatable bonds is 4. The van der Waals surface area contributed by atoms with Crippen LogP contribution in [-0.4, -0.2) is 43.6 Å². The monoisotopic (exact) mass is 248 g/mol. The van der Waals surface area contributed by atoms with E-state index in [-0.39, 0.29) is 12.0 Å². The van der Waals surface area contributed by atoms with Crippen LogP contribution < -0.4 is 4.72 Å². The first-order valence-electron chi connectivity index (χ1n) is 5.97. The zero-order valence-corrected chi connectivity index (χ0v) is 10.4. The van der Waals surface area contributed by atoms with Crippen molar-refractivity contribution in [2.75, 3.05) is 19.6 Å². The molecule has 0 spiro atoms. The van der Waals surface area contributed by atoms with Crippen LogP contribution >= 0.6 is 0 Å². The molecule has 6 heteroatoms. The molecule has 1 saturated heterocycles. The summed E-state index contributed by atoms with van der Waals surface area (Å²) in [5, 5.41) is 9.72. The van der Waals surface area contributed by atoms with E-state index in [1.165, 1.54) is 4.31 Å². The lowest BCUT2D eigenvalue weighted by molar-refractivity contribution is 0.129. The van der Waals surface area contributed by atoms with Gasteiger partial charge in [0, 0.05) is 25.6 Å². The number of nitrogens with one attached hydrogen (secondary N) is 1. The molecule has 0 radical (unpaired) electrons. The van der Waals surface area contributed by atoms with Crippen molar-refractivity contribution in [3.8, 4) is 0 Å². The van der Waals surface area contributed by atoms with Crippen LogP contribution in [0.5, 0.6) is 0 Å². The molecule has 1 aliphatic carbocycles. The van der Waals surface area contributed by atoms with Gasteiger partial charge in [-0.05, 0) is 25.2 Å². The molecule has 94 valence electrons. The van der Waals surface area contributed by atoms with Gasteiger partial charge in [-0.25, -0.2) is 4.72 Å². The molecular formula is C10H20N2O3S. The maximum atomic E-state index is 11.9. The molecule has 3 atom stereocenters. The van der Waals surface area contributed by atoms with Crippen LogP contribution in [0.2, 0.25) is 0 Å². The molecule has 3 unspecified atom stereocenters. The van der Waals surface area contributed by atoms with E-state index in [1.807, 2.05) is 6.92 Å². The Morgan fingerprint density at radius 2 is 2.12 bits per heavy atom. The van der Waals surface area contributed by atoms with Gasteiger partial charge in [0.1, 0.15) is 0 Å². The molecule has 5 nitrogen and oxygen atoms in total. The number of fused-ring (bicyclic) bond motifs is 1. The third-order valence-corrected chi connectivity index (χ3v) is 5.21. The molecule has 0 aromatic heterocycles. The molecule has 0 aromatic rings. The van der Waals surface area contributed by atoms with Gasteiger partial charge >= 0.3 is 0 Å². The highest BCUT2D eigenvalue weighted by Gasteiger charge is 2.45. The van der Waals surface area contributed by atoms with Crippen molar-refractivity contribution in [3.05, 3.63) is 0 Å². The van der Waals surface area contributed by atoms with Gasteiger partial charge in [-0.3, -0.25) is 0 Å². The molecular weight excluding hydrogens is 228 g/mol. The fraction of sp³-hybridized carbons (Fsp3) is 1.00. The van der Waals surface area contributed by atoms with Crippen molar-refractivity contribution in [3.63, 3.8) is 0 Å². The molecule has 1 aliphatic heterocycles. The maximum Gasteiger partial charge on any atom is 0.279 e. The Morgan fingerprint density at radius 3 is 2.75 bits per heavy atom. The van der Waals surface area contributed by atoms with Gasteiger partial charge in [-0.2, -0.15) is 12.7 Å².